The Morgan fingerprint density at radius 1 is 1.39 bits per heavy atom. The summed E-state index contributed by atoms with van der Waals surface area (Å²) in [5, 5.41) is 3.05. The van der Waals surface area contributed by atoms with Crippen LogP contribution in [-0.4, -0.2) is 16.6 Å². The fourth-order valence-electron chi connectivity index (χ4n) is 1.84. The minimum atomic E-state index is -0.887. The summed E-state index contributed by atoms with van der Waals surface area (Å²) in [4.78, 5) is 4.22. The molecule has 0 saturated heterocycles. The lowest BCUT2D eigenvalue weighted by Crippen LogP contribution is -2.22. The number of imidazole rings is 1. The molecule has 0 spiro atoms. The Bertz CT molecular complexity index is 568. The normalized spacial score (nSPS) is 12.7. The van der Waals surface area contributed by atoms with E-state index < -0.39 is 11.6 Å². The maximum absolute atomic E-state index is 13.6. The predicted octanol–water partition coefficient (Wildman–Crippen LogP) is 2.77. The molecule has 2 aromatic rings. The molecule has 1 aromatic carbocycles. The van der Waals surface area contributed by atoms with Crippen LogP contribution in [0.25, 0.3) is 0 Å². The average Bonchev–Trinajstić information content (AvgIpc) is 2.77. The van der Waals surface area contributed by atoms with E-state index >= 15 is 0 Å². The lowest BCUT2D eigenvalue weighted by Gasteiger charge is -2.18. The van der Waals surface area contributed by atoms with E-state index in [9.17, 15) is 8.78 Å². The number of halogens is 3. The van der Waals surface area contributed by atoms with Gasteiger partial charge in [-0.1, -0.05) is 6.07 Å². The van der Waals surface area contributed by atoms with E-state index in [1.54, 1.807) is 25.5 Å². The highest BCUT2D eigenvalue weighted by Crippen LogP contribution is 2.30. The molecule has 1 heterocycles. The molecule has 1 atom stereocenters. The Labute approximate surface area is 112 Å². The first-order chi connectivity index (χ1) is 8.56. The topological polar surface area (TPSA) is 29.9 Å². The largest absolute Gasteiger partial charge is 0.336 e. The number of aryl methyl sites for hydroxylation is 1. The summed E-state index contributed by atoms with van der Waals surface area (Å²) in [5.74, 6) is -1.04. The van der Waals surface area contributed by atoms with Gasteiger partial charge in [-0.25, -0.2) is 13.8 Å². The number of rotatable bonds is 3. The van der Waals surface area contributed by atoms with E-state index in [0.29, 0.717) is 5.56 Å². The summed E-state index contributed by atoms with van der Waals surface area (Å²) in [6, 6.07) is 2.34. The van der Waals surface area contributed by atoms with Gasteiger partial charge in [0, 0.05) is 19.4 Å². The number of aromatic nitrogens is 2. The smallest absolute Gasteiger partial charge is 0.173 e. The standard InChI is InChI=1S/C12H12BrF2N3/c1-16-11(12-17-5-6-18(12)2)7-3-4-8(14)10(15)9(7)13/h3-6,11,16H,1-2H3. The fourth-order valence-corrected chi connectivity index (χ4v) is 2.39. The van der Waals surface area contributed by atoms with Gasteiger partial charge in [0.05, 0.1) is 10.5 Å². The summed E-state index contributed by atoms with van der Waals surface area (Å²) in [6.07, 6.45) is 3.46. The third kappa shape index (κ3) is 2.18. The summed E-state index contributed by atoms with van der Waals surface area (Å²) in [5.41, 5.74) is 0.602. The maximum Gasteiger partial charge on any atom is 0.173 e. The Hall–Kier alpha value is -1.27. The van der Waals surface area contributed by atoms with Crippen LogP contribution in [-0.2, 0) is 7.05 Å². The minimum Gasteiger partial charge on any atom is -0.336 e. The Kier molecular flexibility index (Phi) is 3.77. The van der Waals surface area contributed by atoms with Gasteiger partial charge in [-0.2, -0.15) is 0 Å². The molecule has 0 amide bonds. The third-order valence-corrected chi connectivity index (χ3v) is 3.59. The van der Waals surface area contributed by atoms with Gasteiger partial charge < -0.3 is 9.88 Å². The van der Waals surface area contributed by atoms with E-state index in [0.717, 1.165) is 11.9 Å². The van der Waals surface area contributed by atoms with Crippen LogP contribution in [0.4, 0.5) is 8.78 Å². The van der Waals surface area contributed by atoms with Gasteiger partial charge in [-0.05, 0) is 34.6 Å². The molecule has 1 N–H and O–H groups in total. The van der Waals surface area contributed by atoms with Crippen LogP contribution in [0.5, 0.6) is 0 Å². The molecule has 1 aromatic heterocycles. The third-order valence-electron chi connectivity index (χ3n) is 2.78. The molecule has 6 heteroatoms. The fraction of sp³-hybridized carbons (Fsp3) is 0.250. The van der Waals surface area contributed by atoms with E-state index in [2.05, 4.69) is 26.2 Å². The first kappa shape index (κ1) is 13.2. The van der Waals surface area contributed by atoms with Gasteiger partial charge >= 0.3 is 0 Å². The van der Waals surface area contributed by atoms with Gasteiger partial charge in [0.25, 0.3) is 0 Å². The van der Waals surface area contributed by atoms with E-state index in [-0.39, 0.29) is 10.5 Å². The monoisotopic (exact) mass is 315 g/mol. The van der Waals surface area contributed by atoms with Crippen LogP contribution in [0.15, 0.2) is 29.0 Å². The van der Waals surface area contributed by atoms with Crippen molar-refractivity contribution in [2.24, 2.45) is 7.05 Å². The van der Waals surface area contributed by atoms with E-state index in [1.165, 1.54) is 0 Å². The quantitative estimate of drug-likeness (QED) is 0.883. The van der Waals surface area contributed by atoms with Crippen molar-refractivity contribution in [3.05, 3.63) is 52.0 Å². The number of hydrogen-bond acceptors (Lipinski definition) is 2. The summed E-state index contributed by atoms with van der Waals surface area (Å²) in [6.45, 7) is 0. The van der Waals surface area contributed by atoms with Crippen LogP contribution >= 0.6 is 15.9 Å². The molecule has 0 aliphatic rings. The molecule has 1 unspecified atom stereocenters. The SMILES string of the molecule is CNC(c1ccc(F)c(F)c1Br)c1nccn1C. The Morgan fingerprint density at radius 3 is 2.67 bits per heavy atom. The molecule has 0 saturated carbocycles. The van der Waals surface area contributed by atoms with Crippen molar-refractivity contribution in [1.82, 2.24) is 14.9 Å². The molecule has 0 bridgehead atoms. The van der Waals surface area contributed by atoms with Crippen molar-refractivity contribution < 1.29 is 8.78 Å². The molecule has 0 aliphatic heterocycles. The Balaban J connectivity index is 2.53. The molecule has 96 valence electrons. The van der Waals surface area contributed by atoms with Gasteiger partial charge in [-0.15, -0.1) is 0 Å². The van der Waals surface area contributed by atoms with Crippen molar-refractivity contribution in [3.8, 4) is 0 Å². The minimum absolute atomic E-state index is 0.116. The van der Waals surface area contributed by atoms with Crippen molar-refractivity contribution in [1.29, 1.82) is 0 Å². The van der Waals surface area contributed by atoms with Crippen LogP contribution < -0.4 is 5.32 Å². The second kappa shape index (κ2) is 5.16. The van der Waals surface area contributed by atoms with Crippen molar-refractivity contribution in [2.75, 3.05) is 7.05 Å². The second-order valence-corrected chi connectivity index (χ2v) is 4.68. The van der Waals surface area contributed by atoms with Crippen molar-refractivity contribution in [2.45, 2.75) is 6.04 Å². The molecule has 0 aliphatic carbocycles. The highest BCUT2D eigenvalue weighted by atomic mass is 79.9. The van der Waals surface area contributed by atoms with Crippen LogP contribution in [0.2, 0.25) is 0 Å². The summed E-state index contributed by atoms with van der Waals surface area (Å²) in [7, 11) is 3.59. The lowest BCUT2D eigenvalue weighted by atomic mass is 10.1. The zero-order valence-corrected chi connectivity index (χ0v) is 11.5. The van der Waals surface area contributed by atoms with Crippen LogP contribution in [0, 0.1) is 11.6 Å². The van der Waals surface area contributed by atoms with Crippen LogP contribution in [0.3, 0.4) is 0 Å². The number of benzene rings is 1. The van der Waals surface area contributed by atoms with E-state index in [1.807, 2.05) is 11.6 Å². The summed E-state index contributed by atoms with van der Waals surface area (Å²) >= 11 is 3.09. The summed E-state index contributed by atoms with van der Waals surface area (Å²) < 4.78 is 28.6. The molecular weight excluding hydrogens is 304 g/mol. The lowest BCUT2D eigenvalue weighted by molar-refractivity contribution is 0.498. The van der Waals surface area contributed by atoms with Crippen LogP contribution in [0.1, 0.15) is 17.4 Å². The second-order valence-electron chi connectivity index (χ2n) is 3.88. The first-order valence-electron chi connectivity index (χ1n) is 5.34. The van der Waals surface area contributed by atoms with Gasteiger partial charge in [-0.3, -0.25) is 0 Å². The Morgan fingerprint density at radius 2 is 2.11 bits per heavy atom. The van der Waals surface area contributed by atoms with Gasteiger partial charge in [0.2, 0.25) is 0 Å². The van der Waals surface area contributed by atoms with Crippen molar-refractivity contribution >= 4 is 15.9 Å². The molecule has 2 rings (SSSR count). The van der Waals surface area contributed by atoms with Gasteiger partial charge in [0.1, 0.15) is 5.82 Å². The highest BCUT2D eigenvalue weighted by molar-refractivity contribution is 9.10. The number of hydrogen-bond donors (Lipinski definition) is 1. The molecule has 0 radical (unpaired) electrons. The molecule has 0 fully saturated rings. The first-order valence-corrected chi connectivity index (χ1v) is 6.13. The number of nitrogens with zero attached hydrogens (tertiary/aromatic N) is 2. The molecule has 3 nitrogen and oxygen atoms in total. The predicted molar refractivity (Wildman–Crippen MR) is 68.2 cm³/mol. The van der Waals surface area contributed by atoms with Crippen molar-refractivity contribution in [3.63, 3.8) is 0 Å². The van der Waals surface area contributed by atoms with E-state index in [4.69, 9.17) is 0 Å². The average molecular weight is 316 g/mol. The highest BCUT2D eigenvalue weighted by Gasteiger charge is 2.22. The maximum atomic E-state index is 13.6. The zero-order valence-electron chi connectivity index (χ0n) is 9.92. The molecular formula is C12H12BrF2N3. The molecule has 18 heavy (non-hydrogen) atoms. The number of nitrogens with one attached hydrogen (secondary N) is 1. The van der Waals surface area contributed by atoms with Gasteiger partial charge in [0.15, 0.2) is 11.6 Å². The zero-order chi connectivity index (χ0) is 13.3.